The summed E-state index contributed by atoms with van der Waals surface area (Å²) >= 11 is 1.86. The number of ether oxygens (including phenoxy) is 2. The number of aliphatic imine (C=N–C) groups is 1. The summed E-state index contributed by atoms with van der Waals surface area (Å²) in [4.78, 5) is 5.93. The van der Waals surface area contributed by atoms with Crippen LogP contribution in [0.2, 0.25) is 0 Å². The zero-order chi connectivity index (χ0) is 18.5. The van der Waals surface area contributed by atoms with E-state index >= 15 is 0 Å². The number of benzene rings is 1. The molecular weight excluding hydrogens is 346 g/mol. The standard InChI is InChI=1S/C20H33N3O2S/c1-3-21-20(22-10-4-12-24-15-18-9-13-25-16-18)23-11-14-26-19-7-5-17(2)6-8-19/h5-8,18H,3-4,9-16H2,1-2H3,(H2,21,22,23). The molecule has 5 nitrogen and oxygen atoms in total. The third-order valence-corrected chi connectivity index (χ3v) is 5.14. The topological polar surface area (TPSA) is 54.9 Å². The lowest BCUT2D eigenvalue weighted by atomic mass is 10.1. The Bertz CT molecular complexity index is 516. The van der Waals surface area contributed by atoms with Crippen molar-refractivity contribution in [2.75, 3.05) is 51.8 Å². The molecular formula is C20H33N3O2S. The van der Waals surface area contributed by atoms with Crippen LogP contribution in [0.5, 0.6) is 0 Å². The molecule has 2 rings (SSSR count). The van der Waals surface area contributed by atoms with Gasteiger partial charge in [-0.05, 0) is 38.8 Å². The monoisotopic (exact) mass is 379 g/mol. The van der Waals surface area contributed by atoms with E-state index in [0.717, 1.165) is 70.6 Å². The second-order valence-corrected chi connectivity index (χ2v) is 7.68. The van der Waals surface area contributed by atoms with Crippen molar-refractivity contribution in [3.8, 4) is 0 Å². The molecule has 2 N–H and O–H groups in total. The summed E-state index contributed by atoms with van der Waals surface area (Å²) < 4.78 is 11.1. The Hall–Kier alpha value is -1.24. The average Bonchev–Trinajstić information content (AvgIpc) is 3.16. The summed E-state index contributed by atoms with van der Waals surface area (Å²) in [7, 11) is 0. The lowest BCUT2D eigenvalue weighted by Gasteiger charge is -2.11. The lowest BCUT2D eigenvalue weighted by Crippen LogP contribution is -2.38. The molecule has 1 saturated heterocycles. The van der Waals surface area contributed by atoms with Gasteiger partial charge in [0, 0.05) is 49.4 Å². The van der Waals surface area contributed by atoms with Gasteiger partial charge < -0.3 is 20.1 Å². The van der Waals surface area contributed by atoms with Gasteiger partial charge in [-0.25, -0.2) is 0 Å². The first-order valence-corrected chi connectivity index (χ1v) is 10.6. The summed E-state index contributed by atoms with van der Waals surface area (Å²) in [5, 5.41) is 6.70. The molecule has 1 fully saturated rings. The Labute approximate surface area is 162 Å². The van der Waals surface area contributed by atoms with Crippen molar-refractivity contribution in [3.05, 3.63) is 29.8 Å². The summed E-state index contributed by atoms with van der Waals surface area (Å²) in [6.07, 6.45) is 2.08. The highest BCUT2D eigenvalue weighted by Crippen LogP contribution is 2.17. The molecule has 1 atom stereocenters. The average molecular weight is 380 g/mol. The molecule has 146 valence electrons. The Morgan fingerprint density at radius 3 is 2.88 bits per heavy atom. The normalized spacial score (nSPS) is 17.5. The number of rotatable bonds is 11. The maximum Gasteiger partial charge on any atom is 0.191 e. The Morgan fingerprint density at radius 1 is 1.31 bits per heavy atom. The van der Waals surface area contributed by atoms with Crippen LogP contribution in [0.4, 0.5) is 0 Å². The minimum Gasteiger partial charge on any atom is -0.381 e. The fraction of sp³-hybridized carbons (Fsp3) is 0.650. The van der Waals surface area contributed by atoms with Gasteiger partial charge in [-0.3, -0.25) is 4.99 Å². The predicted octanol–water partition coefficient (Wildman–Crippen LogP) is 3.09. The third-order valence-electron chi connectivity index (χ3n) is 4.12. The molecule has 1 heterocycles. The summed E-state index contributed by atoms with van der Waals surface area (Å²) in [6.45, 7) is 10.1. The number of nitrogens with one attached hydrogen (secondary N) is 2. The number of aryl methyl sites for hydroxylation is 1. The largest absolute Gasteiger partial charge is 0.381 e. The molecule has 26 heavy (non-hydrogen) atoms. The van der Waals surface area contributed by atoms with Crippen LogP contribution >= 0.6 is 11.8 Å². The molecule has 0 aliphatic carbocycles. The molecule has 0 saturated carbocycles. The summed E-state index contributed by atoms with van der Waals surface area (Å²) in [6, 6.07) is 8.67. The van der Waals surface area contributed by atoms with Crippen LogP contribution < -0.4 is 10.6 Å². The van der Waals surface area contributed by atoms with Crippen molar-refractivity contribution < 1.29 is 9.47 Å². The Balaban J connectivity index is 1.55. The maximum absolute atomic E-state index is 5.72. The van der Waals surface area contributed by atoms with Crippen molar-refractivity contribution in [1.29, 1.82) is 0 Å². The summed E-state index contributed by atoms with van der Waals surface area (Å²) in [5.74, 6) is 2.49. The molecule has 1 aromatic carbocycles. The zero-order valence-electron chi connectivity index (χ0n) is 16.1. The van der Waals surface area contributed by atoms with Crippen LogP contribution in [0.15, 0.2) is 34.2 Å². The minimum atomic E-state index is 0.587. The highest BCUT2D eigenvalue weighted by atomic mass is 32.2. The first-order valence-electron chi connectivity index (χ1n) is 9.65. The van der Waals surface area contributed by atoms with Gasteiger partial charge in [0.2, 0.25) is 0 Å². The number of hydrogen-bond acceptors (Lipinski definition) is 4. The van der Waals surface area contributed by atoms with Gasteiger partial charge in [0.25, 0.3) is 0 Å². The molecule has 0 radical (unpaired) electrons. The van der Waals surface area contributed by atoms with Gasteiger partial charge in [0.1, 0.15) is 0 Å². The van der Waals surface area contributed by atoms with Crippen LogP contribution in [0, 0.1) is 12.8 Å². The van der Waals surface area contributed by atoms with Crippen LogP contribution in [0.1, 0.15) is 25.3 Å². The van der Waals surface area contributed by atoms with Crippen LogP contribution in [-0.4, -0.2) is 57.8 Å². The van der Waals surface area contributed by atoms with Crippen molar-refractivity contribution in [2.45, 2.75) is 31.6 Å². The summed E-state index contributed by atoms with van der Waals surface area (Å²) in [5.41, 5.74) is 1.30. The lowest BCUT2D eigenvalue weighted by molar-refractivity contribution is 0.0893. The third kappa shape index (κ3) is 8.92. The number of nitrogens with zero attached hydrogens (tertiary/aromatic N) is 1. The van der Waals surface area contributed by atoms with Crippen LogP contribution in [0.25, 0.3) is 0 Å². The Morgan fingerprint density at radius 2 is 2.15 bits per heavy atom. The van der Waals surface area contributed by atoms with E-state index in [1.807, 2.05) is 11.8 Å². The van der Waals surface area contributed by atoms with Gasteiger partial charge in [-0.1, -0.05) is 17.7 Å². The highest BCUT2D eigenvalue weighted by Gasteiger charge is 2.15. The fourth-order valence-electron chi connectivity index (χ4n) is 2.64. The SMILES string of the molecule is CCNC(=NCCCOCC1CCOC1)NCCSc1ccc(C)cc1. The fourth-order valence-corrected chi connectivity index (χ4v) is 3.41. The molecule has 0 amide bonds. The van der Waals surface area contributed by atoms with Gasteiger partial charge in [0.15, 0.2) is 5.96 Å². The molecule has 0 spiro atoms. The number of thioether (sulfide) groups is 1. The molecule has 6 heteroatoms. The predicted molar refractivity (Wildman–Crippen MR) is 110 cm³/mol. The molecule has 0 aromatic heterocycles. The van der Waals surface area contributed by atoms with Crippen molar-refractivity contribution in [3.63, 3.8) is 0 Å². The first kappa shape index (κ1) is 21.1. The van der Waals surface area contributed by atoms with E-state index in [0.29, 0.717) is 5.92 Å². The molecule has 1 aliphatic rings. The Kier molecular flexibility index (Phi) is 10.5. The van der Waals surface area contributed by atoms with Crippen LogP contribution in [0.3, 0.4) is 0 Å². The molecule has 0 bridgehead atoms. The second kappa shape index (κ2) is 13.0. The maximum atomic E-state index is 5.72. The van der Waals surface area contributed by atoms with E-state index in [-0.39, 0.29) is 0 Å². The van der Waals surface area contributed by atoms with E-state index < -0.39 is 0 Å². The zero-order valence-corrected chi connectivity index (χ0v) is 16.9. The van der Waals surface area contributed by atoms with Gasteiger partial charge in [-0.15, -0.1) is 11.8 Å². The smallest absolute Gasteiger partial charge is 0.191 e. The minimum absolute atomic E-state index is 0.587. The van der Waals surface area contributed by atoms with E-state index in [4.69, 9.17) is 9.47 Å². The number of guanidine groups is 1. The van der Waals surface area contributed by atoms with Gasteiger partial charge in [0.05, 0.1) is 13.2 Å². The van der Waals surface area contributed by atoms with Gasteiger partial charge >= 0.3 is 0 Å². The van der Waals surface area contributed by atoms with Crippen molar-refractivity contribution in [2.24, 2.45) is 10.9 Å². The highest BCUT2D eigenvalue weighted by molar-refractivity contribution is 7.99. The van der Waals surface area contributed by atoms with E-state index in [2.05, 4.69) is 53.7 Å². The molecule has 1 aromatic rings. The number of hydrogen-bond donors (Lipinski definition) is 2. The van der Waals surface area contributed by atoms with Crippen molar-refractivity contribution >= 4 is 17.7 Å². The van der Waals surface area contributed by atoms with Gasteiger partial charge in [-0.2, -0.15) is 0 Å². The first-order chi connectivity index (χ1) is 12.8. The van der Waals surface area contributed by atoms with E-state index in [1.165, 1.54) is 10.5 Å². The van der Waals surface area contributed by atoms with E-state index in [9.17, 15) is 0 Å². The van der Waals surface area contributed by atoms with Crippen molar-refractivity contribution in [1.82, 2.24) is 10.6 Å². The van der Waals surface area contributed by atoms with Crippen LogP contribution in [-0.2, 0) is 9.47 Å². The molecule has 1 unspecified atom stereocenters. The second-order valence-electron chi connectivity index (χ2n) is 6.51. The quantitative estimate of drug-likeness (QED) is 0.268. The molecule has 1 aliphatic heterocycles. The van der Waals surface area contributed by atoms with E-state index in [1.54, 1.807) is 0 Å².